The van der Waals surface area contributed by atoms with Gasteiger partial charge in [-0.15, -0.1) is 0 Å². The smallest absolute Gasteiger partial charge is 0.223 e. The van der Waals surface area contributed by atoms with Gasteiger partial charge in [0.15, 0.2) is 0 Å². The van der Waals surface area contributed by atoms with E-state index >= 15 is 0 Å². The number of nitrogens with zero attached hydrogens (tertiary/aromatic N) is 3. The number of carbonyl (C=O) groups excluding carboxylic acids is 1. The average Bonchev–Trinajstić information content (AvgIpc) is 2.69. The number of piperidine rings is 1. The zero-order valence-corrected chi connectivity index (χ0v) is 11.0. The van der Waals surface area contributed by atoms with E-state index < -0.39 is 0 Å². The first-order valence-corrected chi connectivity index (χ1v) is 6.53. The van der Waals surface area contributed by atoms with Crippen LogP contribution in [0.5, 0.6) is 0 Å². The monoisotopic (exact) mass is 245 g/mol. The van der Waals surface area contributed by atoms with Crippen molar-refractivity contribution in [1.29, 1.82) is 0 Å². The second-order valence-corrected chi connectivity index (χ2v) is 5.58. The van der Waals surface area contributed by atoms with E-state index in [0.29, 0.717) is 0 Å². The molecule has 18 heavy (non-hydrogen) atoms. The van der Waals surface area contributed by atoms with E-state index in [4.69, 9.17) is 0 Å². The maximum atomic E-state index is 11.8. The number of aromatic nitrogens is 1. The Balaban J connectivity index is 2.02. The number of rotatable bonds is 0. The minimum atomic E-state index is 0.137. The average molecular weight is 245 g/mol. The molecule has 0 bridgehead atoms. The molecule has 0 unspecified atom stereocenters. The third-order valence-electron chi connectivity index (χ3n) is 4.45. The fourth-order valence-corrected chi connectivity index (χ4v) is 3.26. The van der Waals surface area contributed by atoms with Crippen molar-refractivity contribution >= 4 is 11.6 Å². The Morgan fingerprint density at radius 3 is 2.78 bits per heavy atom. The van der Waals surface area contributed by atoms with Crippen molar-refractivity contribution in [3.05, 3.63) is 24.0 Å². The van der Waals surface area contributed by atoms with E-state index in [1.807, 2.05) is 17.2 Å². The highest BCUT2D eigenvalue weighted by Gasteiger charge is 2.45. The minimum absolute atomic E-state index is 0.137. The van der Waals surface area contributed by atoms with Crippen molar-refractivity contribution in [1.82, 2.24) is 9.88 Å². The highest BCUT2D eigenvalue weighted by atomic mass is 16.2. The van der Waals surface area contributed by atoms with Gasteiger partial charge in [0, 0.05) is 36.8 Å². The maximum Gasteiger partial charge on any atom is 0.223 e. The first kappa shape index (κ1) is 11.7. The van der Waals surface area contributed by atoms with Crippen LogP contribution in [0.15, 0.2) is 18.5 Å². The molecule has 3 heterocycles. The lowest BCUT2D eigenvalue weighted by molar-refractivity contribution is -0.116. The zero-order chi connectivity index (χ0) is 12.8. The molecule has 2 aliphatic heterocycles. The summed E-state index contributed by atoms with van der Waals surface area (Å²) < 4.78 is 0. The molecule has 1 aromatic rings. The van der Waals surface area contributed by atoms with Crippen molar-refractivity contribution in [2.24, 2.45) is 0 Å². The van der Waals surface area contributed by atoms with Gasteiger partial charge in [-0.1, -0.05) is 0 Å². The van der Waals surface area contributed by atoms with Gasteiger partial charge in [-0.2, -0.15) is 0 Å². The lowest BCUT2D eigenvalue weighted by atomic mass is 9.75. The van der Waals surface area contributed by atoms with Crippen molar-refractivity contribution in [3.8, 4) is 0 Å². The van der Waals surface area contributed by atoms with Gasteiger partial charge in [-0.25, -0.2) is 0 Å². The Morgan fingerprint density at radius 1 is 1.39 bits per heavy atom. The molecular formula is C14H19N3O. The molecule has 4 heteroatoms. The number of amides is 1. The second-order valence-electron chi connectivity index (χ2n) is 5.58. The number of pyridine rings is 1. The highest BCUT2D eigenvalue weighted by Crippen LogP contribution is 2.46. The predicted octanol–water partition coefficient (Wildman–Crippen LogP) is 1.41. The summed E-state index contributed by atoms with van der Waals surface area (Å²) in [5.41, 5.74) is 2.48. The fourth-order valence-electron chi connectivity index (χ4n) is 3.26. The SMILES string of the molecule is CC(=O)N1CC2(CCN(C)CC2)c2cnccc21. The third kappa shape index (κ3) is 1.63. The van der Waals surface area contributed by atoms with Crippen LogP contribution in [0.2, 0.25) is 0 Å². The molecule has 0 radical (unpaired) electrons. The number of fused-ring (bicyclic) bond motifs is 2. The highest BCUT2D eigenvalue weighted by molar-refractivity contribution is 5.94. The molecule has 0 saturated carbocycles. The Morgan fingerprint density at radius 2 is 2.11 bits per heavy atom. The molecule has 1 fully saturated rings. The van der Waals surface area contributed by atoms with Gasteiger partial charge in [0.05, 0.1) is 5.69 Å². The van der Waals surface area contributed by atoms with E-state index in [0.717, 1.165) is 38.2 Å². The number of likely N-dealkylation sites (tertiary alicyclic amines) is 1. The van der Waals surface area contributed by atoms with Crippen molar-refractivity contribution in [2.75, 3.05) is 31.6 Å². The molecule has 0 aromatic carbocycles. The van der Waals surface area contributed by atoms with Crippen LogP contribution in [0.3, 0.4) is 0 Å². The van der Waals surface area contributed by atoms with Gasteiger partial charge in [-0.05, 0) is 39.0 Å². The van der Waals surface area contributed by atoms with Crippen molar-refractivity contribution < 1.29 is 4.79 Å². The minimum Gasteiger partial charge on any atom is -0.311 e. The maximum absolute atomic E-state index is 11.8. The second kappa shape index (κ2) is 4.05. The standard InChI is InChI=1S/C14H19N3O/c1-11(18)17-10-14(4-7-16(2)8-5-14)12-9-15-6-3-13(12)17/h3,6,9H,4-5,7-8,10H2,1-2H3. The lowest BCUT2D eigenvalue weighted by Gasteiger charge is -2.38. The summed E-state index contributed by atoms with van der Waals surface area (Å²) >= 11 is 0. The predicted molar refractivity (Wildman–Crippen MR) is 70.7 cm³/mol. The number of anilines is 1. The number of hydrogen-bond acceptors (Lipinski definition) is 3. The molecule has 1 amide bonds. The van der Waals surface area contributed by atoms with Crippen molar-refractivity contribution in [3.63, 3.8) is 0 Å². The quantitative estimate of drug-likeness (QED) is 0.693. The zero-order valence-electron chi connectivity index (χ0n) is 11.0. The molecule has 0 N–H and O–H groups in total. The summed E-state index contributed by atoms with van der Waals surface area (Å²) in [4.78, 5) is 20.3. The van der Waals surface area contributed by atoms with Crippen LogP contribution in [0.4, 0.5) is 5.69 Å². The van der Waals surface area contributed by atoms with Gasteiger partial charge in [0.1, 0.15) is 0 Å². The van der Waals surface area contributed by atoms with E-state index in [1.54, 1.807) is 13.1 Å². The molecule has 0 aliphatic carbocycles. The molecule has 4 nitrogen and oxygen atoms in total. The van der Waals surface area contributed by atoms with Gasteiger partial charge in [0.2, 0.25) is 5.91 Å². The van der Waals surface area contributed by atoms with Crippen LogP contribution in [-0.4, -0.2) is 42.5 Å². The van der Waals surface area contributed by atoms with E-state index in [-0.39, 0.29) is 11.3 Å². The van der Waals surface area contributed by atoms with Gasteiger partial charge in [0.25, 0.3) is 0 Å². The molecule has 3 rings (SSSR count). The Kier molecular flexibility index (Phi) is 2.63. The molecular weight excluding hydrogens is 226 g/mol. The fraction of sp³-hybridized carbons (Fsp3) is 0.571. The van der Waals surface area contributed by atoms with Crippen LogP contribution >= 0.6 is 0 Å². The van der Waals surface area contributed by atoms with Gasteiger partial charge >= 0.3 is 0 Å². The molecule has 96 valence electrons. The first-order chi connectivity index (χ1) is 8.62. The van der Waals surface area contributed by atoms with Crippen LogP contribution in [0, 0.1) is 0 Å². The molecule has 0 atom stereocenters. The van der Waals surface area contributed by atoms with E-state index in [2.05, 4.69) is 16.9 Å². The molecule has 2 aliphatic rings. The summed E-state index contributed by atoms with van der Waals surface area (Å²) in [5, 5.41) is 0. The third-order valence-corrected chi connectivity index (χ3v) is 4.45. The molecule has 1 aromatic heterocycles. The summed E-state index contributed by atoms with van der Waals surface area (Å²) in [6, 6.07) is 1.98. The summed E-state index contributed by atoms with van der Waals surface area (Å²) in [6.45, 7) is 4.68. The Hall–Kier alpha value is -1.42. The van der Waals surface area contributed by atoms with Gasteiger partial charge < -0.3 is 9.80 Å². The Labute approximate surface area is 108 Å². The molecule has 1 spiro atoms. The summed E-state index contributed by atoms with van der Waals surface area (Å²) in [7, 11) is 2.16. The lowest BCUT2D eigenvalue weighted by Crippen LogP contribution is -2.44. The van der Waals surface area contributed by atoms with Gasteiger partial charge in [-0.3, -0.25) is 9.78 Å². The van der Waals surface area contributed by atoms with Crippen LogP contribution in [0.1, 0.15) is 25.3 Å². The topological polar surface area (TPSA) is 36.4 Å². The largest absolute Gasteiger partial charge is 0.311 e. The van der Waals surface area contributed by atoms with Crippen LogP contribution in [0.25, 0.3) is 0 Å². The first-order valence-electron chi connectivity index (χ1n) is 6.53. The normalized spacial score (nSPS) is 22.2. The van der Waals surface area contributed by atoms with E-state index in [9.17, 15) is 4.79 Å². The number of carbonyl (C=O) groups is 1. The summed E-state index contributed by atoms with van der Waals surface area (Å²) in [6.07, 6.45) is 5.98. The summed E-state index contributed by atoms with van der Waals surface area (Å²) in [5.74, 6) is 0.137. The van der Waals surface area contributed by atoms with E-state index in [1.165, 1.54) is 5.56 Å². The van der Waals surface area contributed by atoms with Crippen LogP contribution < -0.4 is 4.90 Å². The molecule has 1 saturated heterocycles. The van der Waals surface area contributed by atoms with Crippen LogP contribution in [-0.2, 0) is 10.2 Å². The van der Waals surface area contributed by atoms with Crippen molar-refractivity contribution in [2.45, 2.75) is 25.2 Å². The number of hydrogen-bond donors (Lipinski definition) is 0. The Bertz CT molecular complexity index is 478.